The number of benzene rings is 1. The van der Waals surface area contributed by atoms with E-state index in [9.17, 15) is 4.39 Å². The Morgan fingerprint density at radius 1 is 1.53 bits per heavy atom. The normalized spacial score (nSPS) is 24.4. The van der Waals surface area contributed by atoms with Crippen LogP contribution in [0.5, 0.6) is 0 Å². The lowest BCUT2D eigenvalue weighted by Crippen LogP contribution is -2.36. The highest BCUT2D eigenvalue weighted by Gasteiger charge is 2.32. The molecule has 4 heteroatoms. The molecule has 0 aliphatic carbocycles. The number of thioether (sulfide) groups is 1. The van der Waals surface area contributed by atoms with Crippen molar-refractivity contribution in [3.05, 3.63) is 34.6 Å². The Hall–Kier alpha value is -0.250. The fraction of sp³-hybridized carbons (Fsp3) is 0.455. The molecule has 1 nitrogen and oxygen atoms in total. The molecule has 1 aliphatic heterocycles. The quantitative estimate of drug-likeness (QED) is 0.812. The standard InChI is InChI=1S/C11H13ClFNS/c1-11(2)6-15-10(14-11)8-4-3-7(12)5-9(8)13/h3-5,10,14H,6H2,1-2H3. The summed E-state index contributed by atoms with van der Waals surface area (Å²) in [5.74, 6) is 0.755. The molecular weight excluding hydrogens is 233 g/mol. The van der Waals surface area contributed by atoms with Crippen LogP contribution in [0, 0.1) is 5.82 Å². The minimum atomic E-state index is -0.231. The molecule has 1 aromatic carbocycles. The first-order valence-corrected chi connectivity index (χ1v) is 6.25. The summed E-state index contributed by atoms with van der Waals surface area (Å²) in [4.78, 5) is 0. The van der Waals surface area contributed by atoms with E-state index < -0.39 is 0 Å². The van der Waals surface area contributed by atoms with Gasteiger partial charge in [0.1, 0.15) is 5.82 Å². The van der Waals surface area contributed by atoms with Crippen LogP contribution in [0.25, 0.3) is 0 Å². The third kappa shape index (κ3) is 2.47. The highest BCUT2D eigenvalue weighted by atomic mass is 35.5. The third-order valence-electron chi connectivity index (χ3n) is 2.38. The molecular formula is C11H13ClFNS. The first-order valence-electron chi connectivity index (χ1n) is 4.82. The van der Waals surface area contributed by atoms with E-state index in [0.717, 1.165) is 5.75 Å². The van der Waals surface area contributed by atoms with Crippen LogP contribution in [-0.4, -0.2) is 11.3 Å². The van der Waals surface area contributed by atoms with Crippen LogP contribution in [0.4, 0.5) is 4.39 Å². The average molecular weight is 246 g/mol. The zero-order chi connectivity index (χ0) is 11.1. The van der Waals surface area contributed by atoms with Gasteiger partial charge in [0.15, 0.2) is 0 Å². The summed E-state index contributed by atoms with van der Waals surface area (Å²) in [6.45, 7) is 4.24. The van der Waals surface area contributed by atoms with Crippen molar-refractivity contribution in [1.82, 2.24) is 5.32 Å². The lowest BCUT2D eigenvalue weighted by molar-refractivity contribution is 0.445. The maximum Gasteiger partial charge on any atom is 0.130 e. The molecule has 0 radical (unpaired) electrons. The van der Waals surface area contributed by atoms with Crippen LogP contribution in [0.3, 0.4) is 0 Å². The number of hydrogen-bond acceptors (Lipinski definition) is 2. The molecule has 1 atom stereocenters. The number of nitrogens with one attached hydrogen (secondary N) is 1. The van der Waals surface area contributed by atoms with E-state index in [1.54, 1.807) is 23.9 Å². The fourth-order valence-electron chi connectivity index (χ4n) is 1.61. The number of halogens is 2. The summed E-state index contributed by atoms with van der Waals surface area (Å²) in [7, 11) is 0. The Morgan fingerprint density at radius 3 is 2.80 bits per heavy atom. The van der Waals surface area contributed by atoms with Crippen LogP contribution in [0.15, 0.2) is 18.2 Å². The second-order valence-corrected chi connectivity index (χ2v) is 5.91. The van der Waals surface area contributed by atoms with Crippen molar-refractivity contribution in [3.8, 4) is 0 Å². The molecule has 0 spiro atoms. The van der Waals surface area contributed by atoms with Gasteiger partial charge in [0.05, 0.1) is 5.37 Å². The molecule has 82 valence electrons. The van der Waals surface area contributed by atoms with Crippen molar-refractivity contribution < 1.29 is 4.39 Å². The largest absolute Gasteiger partial charge is 0.296 e. The Kier molecular flexibility index (Phi) is 2.97. The molecule has 1 aromatic rings. The van der Waals surface area contributed by atoms with E-state index in [2.05, 4.69) is 19.2 Å². The summed E-state index contributed by atoms with van der Waals surface area (Å²) >= 11 is 7.44. The molecule has 1 heterocycles. The maximum absolute atomic E-state index is 13.6. The van der Waals surface area contributed by atoms with Crippen molar-refractivity contribution in [2.24, 2.45) is 0 Å². The van der Waals surface area contributed by atoms with Gasteiger partial charge in [0.2, 0.25) is 0 Å². The van der Waals surface area contributed by atoms with Crippen LogP contribution < -0.4 is 5.32 Å². The molecule has 2 rings (SSSR count). The Morgan fingerprint density at radius 2 is 2.27 bits per heavy atom. The lowest BCUT2D eigenvalue weighted by Gasteiger charge is -2.19. The van der Waals surface area contributed by atoms with Gasteiger partial charge in [-0.05, 0) is 26.0 Å². The van der Waals surface area contributed by atoms with Gasteiger partial charge in [0, 0.05) is 21.9 Å². The zero-order valence-electron chi connectivity index (χ0n) is 8.68. The van der Waals surface area contributed by atoms with Gasteiger partial charge in [-0.25, -0.2) is 4.39 Å². The number of hydrogen-bond donors (Lipinski definition) is 1. The van der Waals surface area contributed by atoms with Crippen LogP contribution in [-0.2, 0) is 0 Å². The maximum atomic E-state index is 13.6. The summed E-state index contributed by atoms with van der Waals surface area (Å²) in [5, 5.41) is 3.87. The summed E-state index contributed by atoms with van der Waals surface area (Å²) < 4.78 is 13.6. The van der Waals surface area contributed by atoms with Gasteiger partial charge in [-0.15, -0.1) is 11.8 Å². The van der Waals surface area contributed by atoms with Gasteiger partial charge >= 0.3 is 0 Å². The Bertz CT molecular complexity index is 381. The van der Waals surface area contributed by atoms with E-state index in [-0.39, 0.29) is 16.7 Å². The first kappa shape index (κ1) is 11.2. The van der Waals surface area contributed by atoms with Gasteiger partial charge in [-0.2, -0.15) is 0 Å². The van der Waals surface area contributed by atoms with E-state index in [1.807, 2.05) is 0 Å². The minimum absolute atomic E-state index is 0.0391. The van der Waals surface area contributed by atoms with Crippen molar-refractivity contribution in [2.75, 3.05) is 5.75 Å². The molecule has 1 unspecified atom stereocenters. The van der Waals surface area contributed by atoms with E-state index in [4.69, 9.17) is 11.6 Å². The molecule has 15 heavy (non-hydrogen) atoms. The lowest BCUT2D eigenvalue weighted by atomic mass is 10.1. The monoisotopic (exact) mass is 245 g/mol. The van der Waals surface area contributed by atoms with Crippen LogP contribution in [0.2, 0.25) is 5.02 Å². The van der Waals surface area contributed by atoms with Crippen LogP contribution >= 0.6 is 23.4 Å². The smallest absolute Gasteiger partial charge is 0.130 e. The SMILES string of the molecule is CC1(C)CSC(c2ccc(Cl)cc2F)N1. The highest BCUT2D eigenvalue weighted by molar-refractivity contribution is 7.99. The van der Waals surface area contributed by atoms with Gasteiger partial charge in [-0.1, -0.05) is 17.7 Å². The topological polar surface area (TPSA) is 12.0 Å². The fourth-order valence-corrected chi connectivity index (χ4v) is 3.21. The predicted molar refractivity (Wildman–Crippen MR) is 63.8 cm³/mol. The van der Waals surface area contributed by atoms with Crippen LogP contribution in [0.1, 0.15) is 24.8 Å². The van der Waals surface area contributed by atoms with E-state index in [0.29, 0.717) is 10.6 Å². The summed E-state index contributed by atoms with van der Waals surface area (Å²) in [6, 6.07) is 4.85. The molecule has 0 aromatic heterocycles. The second-order valence-electron chi connectivity index (χ2n) is 4.39. The van der Waals surface area contributed by atoms with Crippen molar-refractivity contribution in [1.29, 1.82) is 0 Å². The van der Waals surface area contributed by atoms with Gasteiger partial charge < -0.3 is 0 Å². The third-order valence-corrected chi connectivity index (χ3v) is 4.21. The molecule has 0 bridgehead atoms. The Labute approximate surface area is 98.4 Å². The Balaban J connectivity index is 2.24. The molecule has 1 aliphatic rings. The summed E-state index contributed by atoms with van der Waals surface area (Å²) in [5.41, 5.74) is 0.761. The molecule has 1 N–H and O–H groups in total. The van der Waals surface area contributed by atoms with E-state index >= 15 is 0 Å². The molecule has 0 amide bonds. The highest BCUT2D eigenvalue weighted by Crippen LogP contribution is 2.38. The minimum Gasteiger partial charge on any atom is -0.296 e. The van der Waals surface area contributed by atoms with Crippen molar-refractivity contribution >= 4 is 23.4 Å². The summed E-state index contributed by atoms with van der Waals surface area (Å²) in [6.07, 6.45) is 0. The second kappa shape index (κ2) is 3.96. The average Bonchev–Trinajstić information content (AvgIpc) is 2.46. The van der Waals surface area contributed by atoms with Crippen molar-refractivity contribution in [2.45, 2.75) is 24.8 Å². The molecule has 1 fully saturated rings. The van der Waals surface area contributed by atoms with Gasteiger partial charge in [0.25, 0.3) is 0 Å². The number of rotatable bonds is 1. The van der Waals surface area contributed by atoms with E-state index in [1.165, 1.54) is 6.07 Å². The predicted octanol–water partition coefficient (Wildman–Crippen LogP) is 3.59. The molecule has 1 saturated heterocycles. The van der Waals surface area contributed by atoms with Gasteiger partial charge in [-0.3, -0.25) is 5.32 Å². The molecule has 0 saturated carbocycles. The van der Waals surface area contributed by atoms with Crippen molar-refractivity contribution in [3.63, 3.8) is 0 Å². The zero-order valence-corrected chi connectivity index (χ0v) is 10.3. The first-order chi connectivity index (χ1) is 6.98.